The van der Waals surface area contributed by atoms with Gasteiger partial charge in [-0.2, -0.15) is 0 Å². The van der Waals surface area contributed by atoms with Gasteiger partial charge in [0.05, 0.1) is 29.0 Å². The molecule has 29 heavy (non-hydrogen) atoms. The third-order valence-electron chi connectivity index (χ3n) is 5.92. The van der Waals surface area contributed by atoms with Crippen molar-refractivity contribution in [2.45, 2.75) is 50.4 Å². The lowest BCUT2D eigenvalue weighted by atomic mass is 10.1. The fraction of sp³-hybridized carbons (Fsp3) is 0.429. The first-order valence-electron chi connectivity index (χ1n) is 9.98. The topological polar surface area (TPSA) is 84.1 Å². The van der Waals surface area contributed by atoms with Crippen molar-refractivity contribution in [3.63, 3.8) is 0 Å². The lowest BCUT2D eigenvalue weighted by Gasteiger charge is -2.31. The predicted octanol–water partition coefficient (Wildman–Crippen LogP) is 2.96. The number of phenolic OH excluding ortho intramolecular Hbond substituents is 1. The molecule has 2 aliphatic carbocycles. The largest absolute Gasteiger partial charge is 0.507 e. The summed E-state index contributed by atoms with van der Waals surface area (Å²) >= 11 is 0. The number of nitrogens with zero attached hydrogens (tertiary/aromatic N) is 5. The van der Waals surface area contributed by atoms with Crippen molar-refractivity contribution in [2.75, 3.05) is 4.90 Å². The van der Waals surface area contributed by atoms with E-state index in [-0.39, 0.29) is 17.4 Å². The molecule has 2 fully saturated rings. The Bertz CT molecular complexity index is 1130. The van der Waals surface area contributed by atoms with Gasteiger partial charge in [0, 0.05) is 18.7 Å². The van der Waals surface area contributed by atoms with E-state index in [0.29, 0.717) is 40.4 Å². The van der Waals surface area contributed by atoms with Crippen molar-refractivity contribution in [3.05, 3.63) is 40.9 Å². The third kappa shape index (κ3) is 3.12. The summed E-state index contributed by atoms with van der Waals surface area (Å²) in [6, 6.07) is 6.89. The Morgan fingerprint density at radius 3 is 2.66 bits per heavy atom. The van der Waals surface area contributed by atoms with E-state index in [4.69, 9.17) is 0 Å². The van der Waals surface area contributed by atoms with E-state index < -0.39 is 6.17 Å². The first-order valence-corrected chi connectivity index (χ1v) is 9.98. The SMILES string of the molecule is Cn1cnc2cc(-c3ccc(N(C4CC4)C4CCCC4F)nn3)c(O)cc2c1=O. The molecule has 2 saturated carbocycles. The summed E-state index contributed by atoms with van der Waals surface area (Å²) < 4.78 is 15.7. The van der Waals surface area contributed by atoms with Crippen LogP contribution in [0.4, 0.5) is 10.2 Å². The van der Waals surface area contributed by atoms with E-state index in [1.165, 1.54) is 17.0 Å². The van der Waals surface area contributed by atoms with Gasteiger partial charge in [0.15, 0.2) is 5.82 Å². The molecule has 0 radical (unpaired) electrons. The highest BCUT2D eigenvalue weighted by molar-refractivity contribution is 5.86. The number of halogens is 1. The Balaban J connectivity index is 1.51. The van der Waals surface area contributed by atoms with Crippen LogP contribution >= 0.6 is 0 Å². The van der Waals surface area contributed by atoms with Gasteiger partial charge in [0.2, 0.25) is 0 Å². The lowest BCUT2D eigenvalue weighted by Crippen LogP contribution is -2.41. The van der Waals surface area contributed by atoms with Gasteiger partial charge < -0.3 is 14.6 Å². The van der Waals surface area contributed by atoms with Crippen LogP contribution in [0.1, 0.15) is 32.1 Å². The maximum absolute atomic E-state index is 14.4. The average molecular weight is 395 g/mol. The van der Waals surface area contributed by atoms with Crippen LogP contribution in [-0.4, -0.2) is 43.1 Å². The lowest BCUT2D eigenvalue weighted by molar-refractivity contribution is 0.300. The van der Waals surface area contributed by atoms with Crippen LogP contribution < -0.4 is 10.5 Å². The highest BCUT2D eigenvalue weighted by atomic mass is 19.1. The number of hydrogen-bond donors (Lipinski definition) is 1. The highest BCUT2D eigenvalue weighted by Gasteiger charge is 2.41. The number of fused-ring (bicyclic) bond motifs is 1. The van der Waals surface area contributed by atoms with Crippen molar-refractivity contribution in [1.82, 2.24) is 19.7 Å². The zero-order valence-electron chi connectivity index (χ0n) is 16.1. The Morgan fingerprint density at radius 1 is 1.17 bits per heavy atom. The molecule has 0 spiro atoms. The Labute approximate surface area is 166 Å². The standard InChI is InChI=1S/C21H22FN5O2/c1-26-11-23-17-9-13(19(28)10-14(17)21(26)29)16-7-8-20(25-24-16)27(12-5-6-12)18-4-2-3-15(18)22/h7-12,15,18,28H,2-6H2,1H3. The predicted molar refractivity (Wildman–Crippen MR) is 108 cm³/mol. The molecule has 0 saturated heterocycles. The number of anilines is 1. The van der Waals surface area contributed by atoms with Crippen molar-refractivity contribution in [2.24, 2.45) is 7.05 Å². The van der Waals surface area contributed by atoms with Gasteiger partial charge in [0.1, 0.15) is 11.9 Å². The van der Waals surface area contributed by atoms with E-state index in [1.54, 1.807) is 19.2 Å². The number of phenols is 1. The number of hydrogen-bond acceptors (Lipinski definition) is 6. The normalized spacial score (nSPS) is 21.6. The van der Waals surface area contributed by atoms with E-state index in [0.717, 1.165) is 25.7 Å². The minimum atomic E-state index is -0.824. The minimum Gasteiger partial charge on any atom is -0.507 e. The van der Waals surface area contributed by atoms with Crippen molar-refractivity contribution in [1.29, 1.82) is 0 Å². The Morgan fingerprint density at radius 2 is 2.00 bits per heavy atom. The van der Waals surface area contributed by atoms with Gasteiger partial charge in [-0.25, -0.2) is 9.37 Å². The number of benzene rings is 1. The second-order valence-electron chi connectivity index (χ2n) is 7.98. The zero-order chi connectivity index (χ0) is 20.1. The first kappa shape index (κ1) is 18.0. The van der Waals surface area contributed by atoms with Crippen LogP contribution in [-0.2, 0) is 7.05 Å². The summed E-state index contributed by atoms with van der Waals surface area (Å²) in [6.45, 7) is 0. The molecule has 0 aliphatic heterocycles. The molecule has 1 aromatic carbocycles. The molecule has 5 rings (SSSR count). The van der Waals surface area contributed by atoms with Crippen molar-refractivity contribution < 1.29 is 9.50 Å². The smallest absolute Gasteiger partial charge is 0.261 e. The van der Waals surface area contributed by atoms with Crippen LogP contribution in [0.15, 0.2) is 35.4 Å². The summed E-state index contributed by atoms with van der Waals surface area (Å²) in [5.74, 6) is 0.626. The van der Waals surface area contributed by atoms with Gasteiger partial charge in [-0.15, -0.1) is 10.2 Å². The molecule has 1 N–H and O–H groups in total. The molecule has 0 amide bonds. The zero-order valence-corrected chi connectivity index (χ0v) is 16.1. The van der Waals surface area contributed by atoms with Crippen LogP contribution in [0, 0.1) is 0 Å². The molecular formula is C21H22FN5O2. The summed E-state index contributed by atoms with van der Waals surface area (Å²) in [7, 11) is 1.61. The number of aromatic nitrogens is 4. The quantitative estimate of drug-likeness (QED) is 0.731. The number of aromatic hydroxyl groups is 1. The molecule has 3 aromatic rings. The second kappa shape index (κ2) is 6.79. The van der Waals surface area contributed by atoms with Gasteiger partial charge in [0.25, 0.3) is 5.56 Å². The monoisotopic (exact) mass is 395 g/mol. The van der Waals surface area contributed by atoms with Crippen molar-refractivity contribution in [3.8, 4) is 17.0 Å². The van der Waals surface area contributed by atoms with Crippen LogP contribution in [0.3, 0.4) is 0 Å². The molecule has 7 nitrogen and oxygen atoms in total. The molecule has 2 atom stereocenters. The summed E-state index contributed by atoms with van der Waals surface area (Å²) in [6.07, 6.45) is 5.08. The number of aryl methyl sites for hydroxylation is 1. The molecular weight excluding hydrogens is 373 g/mol. The van der Waals surface area contributed by atoms with Gasteiger partial charge >= 0.3 is 0 Å². The Hall–Kier alpha value is -3.03. The summed E-state index contributed by atoms with van der Waals surface area (Å²) in [5.41, 5.74) is 1.20. The van der Waals surface area contributed by atoms with E-state index >= 15 is 0 Å². The van der Waals surface area contributed by atoms with Crippen LogP contribution in [0.2, 0.25) is 0 Å². The van der Waals surface area contributed by atoms with Crippen LogP contribution in [0.25, 0.3) is 22.2 Å². The van der Waals surface area contributed by atoms with E-state index in [2.05, 4.69) is 20.1 Å². The van der Waals surface area contributed by atoms with Crippen molar-refractivity contribution >= 4 is 16.7 Å². The average Bonchev–Trinajstić information content (AvgIpc) is 3.47. The molecule has 2 aliphatic rings. The highest BCUT2D eigenvalue weighted by Crippen LogP contribution is 2.39. The second-order valence-corrected chi connectivity index (χ2v) is 7.98. The fourth-order valence-corrected chi connectivity index (χ4v) is 4.25. The molecule has 8 heteroatoms. The van der Waals surface area contributed by atoms with Crippen LogP contribution in [0.5, 0.6) is 5.75 Å². The molecule has 2 unspecified atom stereocenters. The maximum atomic E-state index is 14.4. The fourth-order valence-electron chi connectivity index (χ4n) is 4.25. The Kier molecular flexibility index (Phi) is 4.22. The first-order chi connectivity index (χ1) is 14.0. The number of rotatable bonds is 4. The summed E-state index contributed by atoms with van der Waals surface area (Å²) in [4.78, 5) is 18.6. The number of alkyl halides is 1. The van der Waals surface area contributed by atoms with Gasteiger partial charge in [-0.3, -0.25) is 4.79 Å². The third-order valence-corrected chi connectivity index (χ3v) is 5.92. The summed E-state index contributed by atoms with van der Waals surface area (Å²) in [5, 5.41) is 19.5. The molecule has 2 heterocycles. The van der Waals surface area contributed by atoms with Gasteiger partial charge in [-0.1, -0.05) is 0 Å². The van der Waals surface area contributed by atoms with E-state index in [9.17, 15) is 14.3 Å². The van der Waals surface area contributed by atoms with E-state index in [1.807, 2.05) is 6.07 Å². The molecule has 2 aromatic heterocycles. The molecule has 150 valence electrons. The van der Waals surface area contributed by atoms with Gasteiger partial charge in [-0.05, 0) is 56.4 Å². The maximum Gasteiger partial charge on any atom is 0.261 e. The minimum absolute atomic E-state index is 0.0525. The molecule has 0 bridgehead atoms.